The number of halogens is 7. The number of carbonyl (C=O) groups excluding carboxylic acids is 1. The lowest BCUT2D eigenvalue weighted by molar-refractivity contribution is -0.143. The number of benzene rings is 2. The van der Waals surface area contributed by atoms with Crippen molar-refractivity contribution in [2.24, 2.45) is 0 Å². The first kappa shape index (κ1) is 25.0. The molecule has 0 spiro atoms. The summed E-state index contributed by atoms with van der Waals surface area (Å²) in [5.41, 5.74) is -2.67. The van der Waals surface area contributed by atoms with Crippen molar-refractivity contribution in [1.29, 1.82) is 0 Å². The second-order valence-electron chi connectivity index (χ2n) is 7.40. The van der Waals surface area contributed by atoms with Crippen LogP contribution < -0.4 is 0 Å². The Morgan fingerprint density at radius 2 is 1.48 bits per heavy atom. The van der Waals surface area contributed by atoms with Crippen LogP contribution in [0.3, 0.4) is 0 Å². The van der Waals surface area contributed by atoms with Gasteiger partial charge >= 0.3 is 12.4 Å². The molecule has 0 N–H and O–H groups in total. The van der Waals surface area contributed by atoms with Gasteiger partial charge in [-0.1, -0.05) is 30.3 Å². The van der Waals surface area contributed by atoms with E-state index in [0.717, 1.165) is 5.56 Å². The molecule has 0 aromatic heterocycles. The molecular weight excluding hydrogens is 446 g/mol. The lowest BCUT2D eigenvalue weighted by Crippen LogP contribution is -2.55. The number of alkyl halides is 6. The van der Waals surface area contributed by atoms with Gasteiger partial charge in [-0.15, -0.1) is 12.4 Å². The van der Waals surface area contributed by atoms with E-state index in [1.54, 1.807) is 0 Å². The Bertz CT molecular complexity index is 869. The summed E-state index contributed by atoms with van der Waals surface area (Å²) in [6.07, 6.45) is -9.55. The van der Waals surface area contributed by atoms with Crippen molar-refractivity contribution in [3.05, 3.63) is 70.8 Å². The molecule has 2 aromatic carbocycles. The van der Waals surface area contributed by atoms with Gasteiger partial charge < -0.3 is 9.80 Å². The van der Waals surface area contributed by atoms with Crippen molar-refractivity contribution < 1.29 is 31.1 Å². The van der Waals surface area contributed by atoms with Crippen molar-refractivity contribution in [3.63, 3.8) is 0 Å². The highest BCUT2D eigenvalue weighted by Crippen LogP contribution is 2.36. The van der Waals surface area contributed by atoms with Gasteiger partial charge in [0.05, 0.1) is 11.1 Å². The van der Waals surface area contributed by atoms with Crippen LogP contribution in [0.4, 0.5) is 26.3 Å². The number of rotatable bonds is 3. The first-order valence-corrected chi connectivity index (χ1v) is 9.28. The lowest BCUT2D eigenvalue weighted by Gasteiger charge is -2.40. The van der Waals surface area contributed by atoms with Crippen LogP contribution in [0.5, 0.6) is 0 Å². The summed E-state index contributed by atoms with van der Waals surface area (Å²) < 4.78 is 78.9. The van der Waals surface area contributed by atoms with E-state index < -0.39 is 35.0 Å². The number of hydrogen-bond acceptors (Lipinski definition) is 2. The van der Waals surface area contributed by atoms with Gasteiger partial charge in [0.25, 0.3) is 5.91 Å². The van der Waals surface area contributed by atoms with Gasteiger partial charge in [-0.05, 0) is 37.2 Å². The molecule has 0 saturated carbocycles. The van der Waals surface area contributed by atoms with Gasteiger partial charge in [0.1, 0.15) is 0 Å². The number of hydrogen-bond donors (Lipinski definition) is 0. The average Bonchev–Trinajstić information content (AvgIpc) is 2.67. The molecule has 0 bridgehead atoms. The van der Waals surface area contributed by atoms with Crippen molar-refractivity contribution in [3.8, 4) is 0 Å². The van der Waals surface area contributed by atoms with Gasteiger partial charge in [-0.3, -0.25) is 4.79 Å². The van der Waals surface area contributed by atoms with Gasteiger partial charge in [0.15, 0.2) is 0 Å². The monoisotopic (exact) mass is 466 g/mol. The molecule has 1 amide bonds. The van der Waals surface area contributed by atoms with Crippen molar-refractivity contribution in [1.82, 2.24) is 9.80 Å². The van der Waals surface area contributed by atoms with Crippen molar-refractivity contribution in [2.75, 3.05) is 26.7 Å². The van der Waals surface area contributed by atoms with Crippen LogP contribution in [0, 0.1) is 0 Å². The minimum atomic E-state index is -5.00. The van der Waals surface area contributed by atoms with Gasteiger partial charge in [-0.25, -0.2) is 0 Å². The molecule has 0 unspecified atom stereocenters. The molecule has 3 nitrogen and oxygen atoms in total. The van der Waals surface area contributed by atoms with Crippen LogP contribution >= 0.6 is 12.4 Å². The largest absolute Gasteiger partial charge is 0.416 e. The third-order valence-electron chi connectivity index (χ3n) is 5.10. The molecule has 0 radical (unpaired) electrons. The highest BCUT2D eigenvalue weighted by atomic mass is 35.5. The third-order valence-corrected chi connectivity index (χ3v) is 5.10. The van der Waals surface area contributed by atoms with Gasteiger partial charge in [-0.2, -0.15) is 26.3 Å². The Morgan fingerprint density at radius 1 is 0.935 bits per heavy atom. The van der Waals surface area contributed by atoms with E-state index in [9.17, 15) is 31.1 Å². The molecular formula is C21H21ClF6N2O. The maximum Gasteiger partial charge on any atom is 0.416 e. The second kappa shape index (κ2) is 9.48. The normalized spacial score (nSPS) is 17.9. The lowest BCUT2D eigenvalue weighted by atomic mass is 9.99. The van der Waals surface area contributed by atoms with Crippen LogP contribution in [0.2, 0.25) is 0 Å². The molecule has 1 aliphatic heterocycles. The Morgan fingerprint density at radius 3 is 2.00 bits per heavy atom. The Kier molecular flexibility index (Phi) is 7.65. The molecule has 1 fully saturated rings. The molecule has 1 saturated heterocycles. The summed E-state index contributed by atoms with van der Waals surface area (Å²) in [6.45, 7) is 1.15. The van der Waals surface area contributed by atoms with Crippen molar-refractivity contribution >= 4 is 18.3 Å². The van der Waals surface area contributed by atoms with Gasteiger partial charge in [0.2, 0.25) is 0 Å². The van der Waals surface area contributed by atoms with E-state index >= 15 is 0 Å². The maximum absolute atomic E-state index is 13.2. The summed E-state index contributed by atoms with van der Waals surface area (Å²) in [6, 6.07) is 9.87. The number of carbonyl (C=O) groups is 1. The molecule has 10 heteroatoms. The van der Waals surface area contributed by atoms with Crippen LogP contribution in [0.1, 0.15) is 27.0 Å². The molecule has 1 heterocycles. The average molecular weight is 467 g/mol. The predicted molar refractivity (Wildman–Crippen MR) is 106 cm³/mol. The first-order valence-electron chi connectivity index (χ1n) is 9.28. The fraction of sp³-hybridized carbons (Fsp3) is 0.381. The molecule has 2 aromatic rings. The molecule has 0 aliphatic carbocycles. The van der Waals surface area contributed by atoms with Gasteiger partial charge in [0, 0.05) is 31.2 Å². The number of nitrogens with zero attached hydrogens (tertiary/aromatic N) is 2. The van der Waals surface area contributed by atoms with Crippen LogP contribution in [-0.4, -0.2) is 48.4 Å². The van der Waals surface area contributed by atoms with E-state index in [1.165, 1.54) is 4.90 Å². The summed E-state index contributed by atoms with van der Waals surface area (Å²) in [5.74, 6) is -0.833. The highest BCUT2D eigenvalue weighted by Gasteiger charge is 2.39. The number of likely N-dealkylation sites (N-methyl/N-ethyl adjacent to an activating group) is 1. The zero-order valence-electron chi connectivity index (χ0n) is 16.5. The molecule has 3 rings (SSSR count). The molecule has 1 atom stereocenters. The molecule has 1 aliphatic rings. The minimum absolute atomic E-state index is 0. The van der Waals surface area contributed by atoms with Crippen LogP contribution in [0.25, 0.3) is 0 Å². The zero-order chi connectivity index (χ0) is 22.1. The topological polar surface area (TPSA) is 23.6 Å². The standard InChI is InChI=1S/C21H20F6N2O.ClH/c1-28-7-8-29(18(13-28)9-14-5-3-2-4-6-14)19(30)15-10-16(20(22,23)24)12-17(11-15)21(25,26)27;/h2-6,10-12,18H,7-9,13H2,1H3;1H/t18-;/m1./s1. The van der Waals surface area contributed by atoms with E-state index in [1.807, 2.05) is 42.3 Å². The van der Waals surface area contributed by atoms with E-state index in [4.69, 9.17) is 0 Å². The molecule has 170 valence electrons. The minimum Gasteiger partial charge on any atom is -0.333 e. The summed E-state index contributed by atoms with van der Waals surface area (Å²) >= 11 is 0. The predicted octanol–water partition coefficient (Wildman–Crippen LogP) is 5.14. The third kappa shape index (κ3) is 6.13. The first-order chi connectivity index (χ1) is 13.9. The van der Waals surface area contributed by atoms with Crippen molar-refractivity contribution in [2.45, 2.75) is 24.8 Å². The second-order valence-corrected chi connectivity index (χ2v) is 7.40. The Hall–Kier alpha value is -2.26. The van der Waals surface area contributed by atoms with E-state index in [0.29, 0.717) is 31.6 Å². The summed E-state index contributed by atoms with van der Waals surface area (Å²) in [7, 11) is 1.85. The summed E-state index contributed by atoms with van der Waals surface area (Å²) in [5, 5.41) is 0. The number of piperazine rings is 1. The maximum atomic E-state index is 13.2. The fourth-order valence-corrected chi connectivity index (χ4v) is 3.58. The number of amides is 1. The van der Waals surface area contributed by atoms with Crippen LogP contribution in [0.15, 0.2) is 48.5 Å². The highest BCUT2D eigenvalue weighted by molar-refractivity contribution is 5.95. The Balaban J connectivity index is 0.00000341. The zero-order valence-corrected chi connectivity index (χ0v) is 17.3. The summed E-state index contributed by atoms with van der Waals surface area (Å²) in [4.78, 5) is 16.4. The molecule has 31 heavy (non-hydrogen) atoms. The Labute approximate surface area is 182 Å². The smallest absolute Gasteiger partial charge is 0.333 e. The van der Waals surface area contributed by atoms with E-state index in [2.05, 4.69) is 0 Å². The quantitative estimate of drug-likeness (QED) is 0.584. The SMILES string of the molecule is CN1CCN(C(=O)c2cc(C(F)(F)F)cc(C(F)(F)F)c2)[C@H](Cc2ccccc2)C1.Cl. The van der Waals surface area contributed by atoms with E-state index in [-0.39, 0.29) is 31.1 Å². The van der Waals surface area contributed by atoms with Crippen LogP contribution in [-0.2, 0) is 18.8 Å². The fourth-order valence-electron chi connectivity index (χ4n) is 3.58.